The third-order valence-electron chi connectivity index (χ3n) is 4.58. The number of aromatic nitrogens is 4. The van der Waals surface area contributed by atoms with Gasteiger partial charge in [-0.2, -0.15) is 9.97 Å². The lowest BCUT2D eigenvalue weighted by Gasteiger charge is -2.35. The first-order valence-corrected chi connectivity index (χ1v) is 10.2. The number of thiophene rings is 1. The average Bonchev–Trinajstić information content (AvgIpc) is 3.27. The van der Waals surface area contributed by atoms with Gasteiger partial charge >= 0.3 is 6.01 Å². The summed E-state index contributed by atoms with van der Waals surface area (Å²) < 4.78 is 16.4. The largest absolute Gasteiger partial charge is 0.481 e. The molecular formula is C20H23N5O3S. The number of ether oxygens (including phenoxy) is 3. The molecule has 1 aliphatic heterocycles. The zero-order valence-corrected chi connectivity index (χ0v) is 17.6. The molecule has 0 bridgehead atoms. The Morgan fingerprint density at radius 1 is 1.10 bits per heavy atom. The Bertz CT molecular complexity index is 950. The van der Waals surface area contributed by atoms with Gasteiger partial charge in [0.1, 0.15) is 0 Å². The second kappa shape index (κ2) is 8.30. The van der Waals surface area contributed by atoms with Crippen LogP contribution in [-0.4, -0.2) is 59.5 Å². The highest BCUT2D eigenvalue weighted by atomic mass is 32.1. The van der Waals surface area contributed by atoms with Crippen LogP contribution in [0.4, 0.5) is 5.95 Å². The van der Waals surface area contributed by atoms with Crippen molar-refractivity contribution >= 4 is 17.3 Å². The zero-order valence-electron chi connectivity index (χ0n) is 16.8. The molecule has 8 nitrogen and oxygen atoms in total. The van der Waals surface area contributed by atoms with Crippen molar-refractivity contribution in [2.75, 3.05) is 32.2 Å². The van der Waals surface area contributed by atoms with Gasteiger partial charge in [-0.1, -0.05) is 6.07 Å². The molecule has 29 heavy (non-hydrogen) atoms. The van der Waals surface area contributed by atoms with E-state index in [1.807, 2.05) is 23.7 Å². The first-order valence-electron chi connectivity index (χ1n) is 9.36. The molecule has 9 heteroatoms. The number of hydrogen-bond acceptors (Lipinski definition) is 9. The Morgan fingerprint density at radius 2 is 1.90 bits per heavy atom. The van der Waals surface area contributed by atoms with Gasteiger partial charge < -0.3 is 19.1 Å². The van der Waals surface area contributed by atoms with Crippen molar-refractivity contribution in [2.45, 2.75) is 26.1 Å². The highest BCUT2D eigenvalue weighted by molar-refractivity contribution is 7.13. The first-order chi connectivity index (χ1) is 14.1. The van der Waals surface area contributed by atoms with Crippen molar-refractivity contribution in [1.82, 2.24) is 19.9 Å². The smallest absolute Gasteiger partial charge is 0.320 e. The van der Waals surface area contributed by atoms with E-state index in [9.17, 15) is 0 Å². The minimum absolute atomic E-state index is 0.127. The number of anilines is 1. The Balaban J connectivity index is 1.81. The van der Waals surface area contributed by atoms with Crippen LogP contribution in [0.5, 0.6) is 11.9 Å². The summed E-state index contributed by atoms with van der Waals surface area (Å²) in [6.45, 7) is 5.64. The first kappa shape index (κ1) is 19.5. The molecule has 0 radical (unpaired) electrons. The molecule has 3 aromatic heterocycles. The van der Waals surface area contributed by atoms with E-state index in [1.54, 1.807) is 24.5 Å². The van der Waals surface area contributed by atoms with Crippen molar-refractivity contribution in [3.05, 3.63) is 29.8 Å². The van der Waals surface area contributed by atoms with Gasteiger partial charge in [0.15, 0.2) is 0 Å². The molecular weight excluding hydrogens is 390 g/mol. The van der Waals surface area contributed by atoms with Gasteiger partial charge in [-0.15, -0.1) is 11.3 Å². The standard InChI is InChI=1S/C20H23N5O3S/c1-12-10-25(11-13(2)28-12)19-21-9-14(18(24-19)16-6-5-7-29-16)15-8-17(26-3)23-20(22-15)27-4/h5-9,12-13H,10-11H2,1-4H3. The minimum atomic E-state index is 0.127. The third-order valence-corrected chi connectivity index (χ3v) is 5.46. The lowest BCUT2D eigenvalue weighted by atomic mass is 10.1. The van der Waals surface area contributed by atoms with Crippen LogP contribution in [0, 0.1) is 0 Å². The van der Waals surface area contributed by atoms with Crippen LogP contribution >= 0.6 is 11.3 Å². The second-order valence-corrected chi connectivity index (χ2v) is 7.80. The maximum absolute atomic E-state index is 5.84. The lowest BCUT2D eigenvalue weighted by Crippen LogP contribution is -2.46. The number of methoxy groups -OCH3 is 2. The Hall–Kier alpha value is -2.78. The normalized spacial score (nSPS) is 19.2. The summed E-state index contributed by atoms with van der Waals surface area (Å²) in [7, 11) is 3.09. The summed E-state index contributed by atoms with van der Waals surface area (Å²) in [5, 5.41) is 2.03. The fourth-order valence-corrected chi connectivity index (χ4v) is 4.12. The SMILES string of the molecule is COc1cc(-c2cnc(N3CC(C)OC(C)C3)nc2-c2cccs2)nc(OC)n1. The van der Waals surface area contributed by atoms with Crippen molar-refractivity contribution in [3.63, 3.8) is 0 Å². The van der Waals surface area contributed by atoms with E-state index < -0.39 is 0 Å². The van der Waals surface area contributed by atoms with Gasteiger partial charge in [-0.05, 0) is 25.3 Å². The number of nitrogens with zero attached hydrogens (tertiary/aromatic N) is 5. The van der Waals surface area contributed by atoms with Crippen LogP contribution in [0.25, 0.3) is 21.8 Å². The summed E-state index contributed by atoms with van der Waals surface area (Å²) in [5.74, 6) is 1.11. The maximum Gasteiger partial charge on any atom is 0.320 e. The Morgan fingerprint density at radius 3 is 2.55 bits per heavy atom. The molecule has 3 aromatic rings. The Labute approximate surface area is 173 Å². The quantitative estimate of drug-likeness (QED) is 0.630. The zero-order chi connectivity index (χ0) is 20.4. The topological polar surface area (TPSA) is 82.5 Å². The molecule has 4 rings (SSSR count). The van der Waals surface area contributed by atoms with E-state index in [-0.39, 0.29) is 18.2 Å². The van der Waals surface area contributed by atoms with Gasteiger partial charge in [-0.3, -0.25) is 0 Å². The molecule has 0 N–H and O–H groups in total. The highest BCUT2D eigenvalue weighted by Gasteiger charge is 2.25. The van der Waals surface area contributed by atoms with Crippen LogP contribution < -0.4 is 14.4 Å². The molecule has 0 aromatic carbocycles. The fourth-order valence-electron chi connectivity index (χ4n) is 3.39. The summed E-state index contributed by atoms with van der Waals surface area (Å²) in [6, 6.07) is 6.04. The van der Waals surface area contributed by atoms with E-state index in [2.05, 4.69) is 33.7 Å². The van der Waals surface area contributed by atoms with Gasteiger partial charge in [0.05, 0.1) is 42.7 Å². The van der Waals surface area contributed by atoms with E-state index in [1.165, 1.54) is 7.11 Å². The summed E-state index contributed by atoms with van der Waals surface area (Å²) in [4.78, 5) is 21.4. The molecule has 1 fully saturated rings. The summed E-state index contributed by atoms with van der Waals surface area (Å²) >= 11 is 1.62. The maximum atomic E-state index is 5.84. The van der Waals surface area contributed by atoms with E-state index in [4.69, 9.17) is 19.2 Å². The lowest BCUT2D eigenvalue weighted by molar-refractivity contribution is -0.00571. The van der Waals surface area contributed by atoms with Crippen molar-refractivity contribution in [1.29, 1.82) is 0 Å². The van der Waals surface area contributed by atoms with Crippen molar-refractivity contribution in [3.8, 4) is 33.7 Å². The number of rotatable bonds is 5. The molecule has 152 valence electrons. The van der Waals surface area contributed by atoms with E-state index in [0.717, 1.165) is 29.2 Å². The number of morpholine rings is 1. The van der Waals surface area contributed by atoms with Crippen molar-refractivity contribution < 1.29 is 14.2 Å². The van der Waals surface area contributed by atoms with E-state index in [0.29, 0.717) is 17.5 Å². The van der Waals surface area contributed by atoms with Gasteiger partial charge in [0.2, 0.25) is 11.8 Å². The minimum Gasteiger partial charge on any atom is -0.481 e. The Kier molecular flexibility index (Phi) is 5.59. The van der Waals surface area contributed by atoms with Crippen LogP contribution in [0.2, 0.25) is 0 Å². The fraction of sp³-hybridized carbons (Fsp3) is 0.400. The third kappa shape index (κ3) is 4.15. The van der Waals surface area contributed by atoms with E-state index >= 15 is 0 Å². The predicted molar refractivity (Wildman–Crippen MR) is 112 cm³/mol. The molecule has 0 amide bonds. The van der Waals surface area contributed by atoms with Gasteiger partial charge in [0, 0.05) is 30.9 Å². The van der Waals surface area contributed by atoms with Crippen LogP contribution in [-0.2, 0) is 4.74 Å². The molecule has 0 aliphatic carbocycles. The van der Waals surface area contributed by atoms with Crippen LogP contribution in [0.1, 0.15) is 13.8 Å². The molecule has 4 heterocycles. The molecule has 0 saturated carbocycles. The molecule has 0 spiro atoms. The van der Waals surface area contributed by atoms with Gasteiger partial charge in [0.25, 0.3) is 0 Å². The predicted octanol–water partition coefficient (Wildman–Crippen LogP) is 3.29. The molecule has 2 unspecified atom stereocenters. The highest BCUT2D eigenvalue weighted by Crippen LogP contribution is 2.35. The molecule has 1 aliphatic rings. The van der Waals surface area contributed by atoms with Crippen LogP contribution in [0.15, 0.2) is 29.8 Å². The molecule has 1 saturated heterocycles. The summed E-state index contributed by atoms with van der Waals surface area (Å²) in [5.41, 5.74) is 2.26. The molecule has 2 atom stereocenters. The second-order valence-electron chi connectivity index (χ2n) is 6.85. The van der Waals surface area contributed by atoms with Gasteiger partial charge in [-0.25, -0.2) is 9.97 Å². The monoisotopic (exact) mass is 413 g/mol. The average molecular weight is 414 g/mol. The summed E-state index contributed by atoms with van der Waals surface area (Å²) in [6.07, 6.45) is 2.06. The number of hydrogen-bond donors (Lipinski definition) is 0. The van der Waals surface area contributed by atoms with Crippen LogP contribution in [0.3, 0.4) is 0 Å². The van der Waals surface area contributed by atoms with Crippen molar-refractivity contribution in [2.24, 2.45) is 0 Å².